The van der Waals surface area contributed by atoms with Gasteiger partial charge in [0.2, 0.25) is 0 Å². The van der Waals surface area contributed by atoms with Crippen molar-refractivity contribution in [1.29, 1.82) is 0 Å². The highest BCUT2D eigenvalue weighted by Gasteiger charge is 2.44. The Morgan fingerprint density at radius 3 is 2.16 bits per heavy atom. The lowest BCUT2D eigenvalue weighted by molar-refractivity contribution is -0.150. The standard InChI is InChI=1S/C14H25NO4/c1-10-6-8-14(9-7-10,11(16)18-5)15-12(17)19-13(2,3)4/h10H,6-9H2,1-5H3,(H,15,17)/t10-,14+. The number of ether oxygens (including phenoxy) is 2. The third-order valence-corrected chi connectivity index (χ3v) is 3.44. The van der Waals surface area contributed by atoms with Gasteiger partial charge in [0, 0.05) is 0 Å². The minimum Gasteiger partial charge on any atom is -0.467 e. The lowest BCUT2D eigenvalue weighted by Gasteiger charge is -2.37. The molecule has 110 valence electrons. The summed E-state index contributed by atoms with van der Waals surface area (Å²) in [4.78, 5) is 23.9. The second-order valence-electron chi connectivity index (χ2n) is 6.38. The monoisotopic (exact) mass is 271 g/mol. The van der Waals surface area contributed by atoms with Crippen molar-refractivity contribution in [3.63, 3.8) is 0 Å². The number of rotatable bonds is 2. The van der Waals surface area contributed by atoms with Gasteiger partial charge in [-0.3, -0.25) is 0 Å². The second-order valence-corrected chi connectivity index (χ2v) is 6.38. The number of carbonyl (C=O) groups is 2. The maximum atomic E-state index is 12.0. The highest BCUT2D eigenvalue weighted by atomic mass is 16.6. The van der Waals surface area contributed by atoms with E-state index in [0.717, 1.165) is 12.8 Å². The molecule has 1 fully saturated rings. The molecule has 0 atom stereocenters. The zero-order valence-corrected chi connectivity index (χ0v) is 12.5. The van der Waals surface area contributed by atoms with Crippen molar-refractivity contribution in [2.24, 2.45) is 5.92 Å². The van der Waals surface area contributed by atoms with E-state index in [-0.39, 0.29) is 5.97 Å². The van der Waals surface area contributed by atoms with E-state index >= 15 is 0 Å². The molecule has 0 aromatic heterocycles. The molecule has 5 heteroatoms. The first-order chi connectivity index (χ1) is 8.68. The first kappa shape index (κ1) is 15.8. The van der Waals surface area contributed by atoms with Gasteiger partial charge in [0.15, 0.2) is 0 Å². The summed E-state index contributed by atoms with van der Waals surface area (Å²) in [5, 5.41) is 2.72. The van der Waals surface area contributed by atoms with Gasteiger partial charge in [-0.15, -0.1) is 0 Å². The quantitative estimate of drug-likeness (QED) is 0.784. The molecule has 5 nitrogen and oxygen atoms in total. The summed E-state index contributed by atoms with van der Waals surface area (Å²) in [6, 6.07) is 0. The van der Waals surface area contributed by atoms with Crippen LogP contribution in [0, 0.1) is 5.92 Å². The fourth-order valence-electron chi connectivity index (χ4n) is 2.33. The number of alkyl carbamates (subject to hydrolysis) is 1. The maximum Gasteiger partial charge on any atom is 0.408 e. The molecule has 0 aromatic carbocycles. The van der Waals surface area contributed by atoms with Crippen LogP contribution in [0.15, 0.2) is 0 Å². The van der Waals surface area contributed by atoms with Crippen LogP contribution < -0.4 is 5.32 Å². The number of carbonyl (C=O) groups excluding carboxylic acids is 2. The molecule has 1 aliphatic rings. The van der Waals surface area contributed by atoms with Gasteiger partial charge in [0.1, 0.15) is 11.1 Å². The summed E-state index contributed by atoms with van der Waals surface area (Å²) in [5.41, 5.74) is -1.51. The van der Waals surface area contributed by atoms with Gasteiger partial charge < -0.3 is 14.8 Å². The predicted molar refractivity (Wildman–Crippen MR) is 71.7 cm³/mol. The van der Waals surface area contributed by atoms with E-state index in [9.17, 15) is 9.59 Å². The maximum absolute atomic E-state index is 12.0. The Hall–Kier alpha value is -1.26. The smallest absolute Gasteiger partial charge is 0.408 e. The van der Waals surface area contributed by atoms with E-state index in [2.05, 4.69) is 12.2 Å². The molecule has 1 amide bonds. The summed E-state index contributed by atoms with van der Waals surface area (Å²) in [5.74, 6) is 0.184. The van der Waals surface area contributed by atoms with E-state index in [0.29, 0.717) is 18.8 Å². The summed E-state index contributed by atoms with van der Waals surface area (Å²) in [7, 11) is 1.35. The number of hydrogen-bond donors (Lipinski definition) is 1. The van der Waals surface area contributed by atoms with Gasteiger partial charge in [-0.25, -0.2) is 9.59 Å². The van der Waals surface area contributed by atoms with Gasteiger partial charge in [0.25, 0.3) is 0 Å². The van der Waals surface area contributed by atoms with Crippen LogP contribution in [0.4, 0.5) is 4.79 Å². The molecule has 0 bridgehead atoms. The molecule has 1 saturated carbocycles. The number of methoxy groups -OCH3 is 1. The minimum atomic E-state index is -0.927. The van der Waals surface area contributed by atoms with E-state index in [1.54, 1.807) is 20.8 Å². The van der Waals surface area contributed by atoms with Crippen molar-refractivity contribution in [1.82, 2.24) is 5.32 Å². The van der Waals surface area contributed by atoms with Crippen LogP contribution in [0.25, 0.3) is 0 Å². The zero-order chi connectivity index (χ0) is 14.7. The zero-order valence-electron chi connectivity index (χ0n) is 12.5. The summed E-state index contributed by atoms with van der Waals surface area (Å²) >= 11 is 0. The average Bonchev–Trinajstić information content (AvgIpc) is 2.29. The lowest BCUT2D eigenvalue weighted by atomic mass is 9.77. The molecule has 0 unspecified atom stereocenters. The topological polar surface area (TPSA) is 64.6 Å². The minimum absolute atomic E-state index is 0.384. The number of esters is 1. The van der Waals surface area contributed by atoms with Crippen LogP contribution in [0.1, 0.15) is 53.4 Å². The first-order valence-electron chi connectivity index (χ1n) is 6.78. The Kier molecular flexibility index (Phi) is 4.82. The summed E-state index contributed by atoms with van der Waals surface area (Å²) < 4.78 is 10.1. The number of amides is 1. The highest BCUT2D eigenvalue weighted by molar-refractivity contribution is 5.85. The van der Waals surface area contributed by atoms with Gasteiger partial charge >= 0.3 is 12.1 Å². The van der Waals surface area contributed by atoms with Gasteiger partial charge in [-0.05, 0) is 52.4 Å². The summed E-state index contributed by atoms with van der Waals surface area (Å²) in [6.07, 6.45) is 2.42. The van der Waals surface area contributed by atoms with Gasteiger partial charge in [0.05, 0.1) is 7.11 Å². The first-order valence-corrected chi connectivity index (χ1v) is 6.78. The second kappa shape index (κ2) is 5.80. The molecule has 0 saturated heterocycles. The average molecular weight is 271 g/mol. The fraction of sp³-hybridized carbons (Fsp3) is 0.857. The lowest BCUT2D eigenvalue weighted by Crippen LogP contribution is -2.57. The molecule has 0 spiro atoms. The summed E-state index contributed by atoms with van der Waals surface area (Å²) in [6.45, 7) is 7.52. The third-order valence-electron chi connectivity index (χ3n) is 3.44. The molecule has 0 radical (unpaired) electrons. The van der Waals surface area contributed by atoms with Crippen molar-refractivity contribution in [2.75, 3.05) is 7.11 Å². The van der Waals surface area contributed by atoms with Gasteiger partial charge in [-0.1, -0.05) is 6.92 Å². The van der Waals surface area contributed by atoms with Crippen LogP contribution in [0.5, 0.6) is 0 Å². The van der Waals surface area contributed by atoms with Crippen molar-refractivity contribution in [3.05, 3.63) is 0 Å². The van der Waals surface area contributed by atoms with Crippen LogP contribution in [0.2, 0.25) is 0 Å². The molecule has 1 N–H and O–H groups in total. The van der Waals surface area contributed by atoms with Crippen LogP contribution in [0.3, 0.4) is 0 Å². The Balaban J connectivity index is 2.76. The van der Waals surface area contributed by atoms with Gasteiger partial charge in [-0.2, -0.15) is 0 Å². The molecule has 19 heavy (non-hydrogen) atoms. The molecular weight excluding hydrogens is 246 g/mol. The highest BCUT2D eigenvalue weighted by Crippen LogP contribution is 2.33. The van der Waals surface area contributed by atoms with Crippen LogP contribution >= 0.6 is 0 Å². The largest absolute Gasteiger partial charge is 0.467 e. The molecule has 1 rings (SSSR count). The Labute approximate surface area is 115 Å². The van der Waals surface area contributed by atoms with E-state index in [4.69, 9.17) is 9.47 Å². The molecule has 0 heterocycles. The Bertz CT molecular complexity index is 338. The fourth-order valence-corrected chi connectivity index (χ4v) is 2.33. The van der Waals surface area contributed by atoms with Crippen molar-refractivity contribution < 1.29 is 19.1 Å². The Morgan fingerprint density at radius 1 is 1.21 bits per heavy atom. The number of nitrogens with one attached hydrogen (secondary N) is 1. The SMILES string of the molecule is COC(=O)[C@]1(NC(=O)OC(C)(C)C)CC[C@@H](C)CC1. The van der Waals surface area contributed by atoms with E-state index < -0.39 is 17.2 Å². The predicted octanol–water partition coefficient (Wildman–Crippen LogP) is 2.63. The van der Waals surface area contributed by atoms with Crippen LogP contribution in [-0.2, 0) is 14.3 Å². The third kappa shape index (κ3) is 4.40. The molecule has 1 aliphatic carbocycles. The van der Waals surface area contributed by atoms with Crippen molar-refractivity contribution >= 4 is 12.1 Å². The van der Waals surface area contributed by atoms with Crippen LogP contribution in [-0.4, -0.2) is 30.3 Å². The van der Waals surface area contributed by atoms with Crippen molar-refractivity contribution in [3.8, 4) is 0 Å². The van der Waals surface area contributed by atoms with E-state index in [1.165, 1.54) is 7.11 Å². The normalized spacial score (nSPS) is 27.5. The molecule has 0 aromatic rings. The molecular formula is C14H25NO4. The Morgan fingerprint density at radius 2 is 1.74 bits per heavy atom. The van der Waals surface area contributed by atoms with E-state index in [1.807, 2.05) is 0 Å². The van der Waals surface area contributed by atoms with Crippen molar-refractivity contribution in [2.45, 2.75) is 64.5 Å². The molecule has 0 aliphatic heterocycles. The number of hydrogen-bond acceptors (Lipinski definition) is 4.